The van der Waals surface area contributed by atoms with E-state index in [1.54, 1.807) is 35.2 Å². The number of aromatic nitrogens is 2. The minimum atomic E-state index is -0.596. The monoisotopic (exact) mass is 522 g/mol. The molecule has 0 bridgehead atoms. The van der Waals surface area contributed by atoms with Gasteiger partial charge in [-0.15, -0.1) is 0 Å². The summed E-state index contributed by atoms with van der Waals surface area (Å²) in [6, 6.07) is 9.84. The van der Waals surface area contributed by atoms with E-state index in [0.29, 0.717) is 41.2 Å². The number of carbonyl (C=O) groups is 2. The van der Waals surface area contributed by atoms with Crippen LogP contribution in [0.25, 0.3) is 10.9 Å². The van der Waals surface area contributed by atoms with E-state index in [9.17, 15) is 19.2 Å². The van der Waals surface area contributed by atoms with Gasteiger partial charge in [0, 0.05) is 30.8 Å². The summed E-state index contributed by atoms with van der Waals surface area (Å²) in [5.41, 5.74) is 0.352. The summed E-state index contributed by atoms with van der Waals surface area (Å²) in [6.07, 6.45) is 2.93. The van der Waals surface area contributed by atoms with Crippen molar-refractivity contribution in [1.82, 2.24) is 19.4 Å². The molecule has 1 aliphatic rings. The number of hydrogen-bond donors (Lipinski definition) is 1. The van der Waals surface area contributed by atoms with Crippen molar-refractivity contribution in [3.63, 3.8) is 0 Å². The molecule has 1 saturated heterocycles. The van der Waals surface area contributed by atoms with Crippen LogP contribution in [0.5, 0.6) is 11.5 Å². The number of rotatable bonds is 8. The number of ether oxygens (including phenoxy) is 2. The Morgan fingerprint density at radius 2 is 1.55 bits per heavy atom. The second-order valence-electron chi connectivity index (χ2n) is 9.75. The van der Waals surface area contributed by atoms with Crippen LogP contribution >= 0.6 is 0 Å². The second kappa shape index (κ2) is 11.5. The Bertz CT molecular complexity index is 1450. The number of methoxy groups -OCH3 is 2. The molecule has 0 atom stereocenters. The zero-order valence-electron chi connectivity index (χ0n) is 22.3. The van der Waals surface area contributed by atoms with Crippen molar-refractivity contribution in [3.8, 4) is 11.5 Å². The van der Waals surface area contributed by atoms with Crippen molar-refractivity contribution in [3.05, 3.63) is 68.4 Å². The van der Waals surface area contributed by atoms with Crippen molar-refractivity contribution < 1.29 is 19.1 Å². The van der Waals surface area contributed by atoms with Crippen molar-refractivity contribution in [2.24, 2.45) is 0 Å². The summed E-state index contributed by atoms with van der Waals surface area (Å²) in [5.74, 6) is 0.324. The van der Waals surface area contributed by atoms with E-state index in [1.807, 2.05) is 13.8 Å². The van der Waals surface area contributed by atoms with Crippen LogP contribution in [-0.4, -0.2) is 59.2 Å². The Hall–Kier alpha value is -4.08. The number of likely N-dealkylation sites (tertiary alicyclic amines) is 1. The highest BCUT2D eigenvalue weighted by molar-refractivity contribution is 5.94. The summed E-state index contributed by atoms with van der Waals surface area (Å²) < 4.78 is 13.2. The van der Waals surface area contributed by atoms with Crippen LogP contribution in [0.3, 0.4) is 0 Å². The third-order valence-corrected chi connectivity index (χ3v) is 6.71. The van der Waals surface area contributed by atoms with Crippen LogP contribution in [0.15, 0.2) is 46.0 Å². The van der Waals surface area contributed by atoms with E-state index in [4.69, 9.17) is 9.47 Å². The molecule has 10 heteroatoms. The number of benzene rings is 2. The fraction of sp³-hybridized carbons (Fsp3) is 0.429. The number of nitrogens with zero attached hydrogens (tertiary/aromatic N) is 3. The van der Waals surface area contributed by atoms with Gasteiger partial charge in [-0.2, -0.15) is 0 Å². The molecular weight excluding hydrogens is 488 g/mol. The van der Waals surface area contributed by atoms with Gasteiger partial charge in [0.2, 0.25) is 5.91 Å². The predicted molar refractivity (Wildman–Crippen MR) is 144 cm³/mol. The number of piperidine rings is 1. The van der Waals surface area contributed by atoms with Gasteiger partial charge in [-0.1, -0.05) is 12.1 Å². The highest BCUT2D eigenvalue weighted by Gasteiger charge is 2.22. The normalized spacial score (nSPS) is 13.6. The molecule has 0 saturated carbocycles. The average Bonchev–Trinajstić information content (AvgIpc) is 2.92. The molecule has 1 aromatic heterocycles. The Morgan fingerprint density at radius 1 is 0.921 bits per heavy atom. The molecule has 0 unspecified atom stereocenters. The summed E-state index contributed by atoms with van der Waals surface area (Å²) in [7, 11) is 2.94. The summed E-state index contributed by atoms with van der Waals surface area (Å²) in [6.45, 7) is 4.84. The number of hydrogen-bond acceptors (Lipinski definition) is 6. The summed E-state index contributed by atoms with van der Waals surface area (Å²) in [5, 5.41) is 3.07. The van der Waals surface area contributed by atoms with E-state index >= 15 is 0 Å². The first-order valence-corrected chi connectivity index (χ1v) is 12.8. The largest absolute Gasteiger partial charge is 0.493 e. The molecule has 0 radical (unpaired) electrons. The van der Waals surface area contributed by atoms with Crippen LogP contribution < -0.4 is 26.0 Å². The molecule has 4 rings (SSSR count). The maximum atomic E-state index is 13.7. The third-order valence-electron chi connectivity index (χ3n) is 6.71. The number of nitrogens with one attached hydrogen (secondary N) is 1. The number of amides is 2. The lowest BCUT2D eigenvalue weighted by Crippen LogP contribution is -2.44. The van der Waals surface area contributed by atoms with E-state index in [-0.39, 0.29) is 36.3 Å². The van der Waals surface area contributed by atoms with Crippen molar-refractivity contribution in [1.29, 1.82) is 0 Å². The van der Waals surface area contributed by atoms with Crippen LogP contribution in [0.2, 0.25) is 0 Å². The Morgan fingerprint density at radius 3 is 2.16 bits per heavy atom. The van der Waals surface area contributed by atoms with Gasteiger partial charge in [0.05, 0.1) is 31.7 Å². The molecular formula is C28H34N4O6. The summed E-state index contributed by atoms with van der Waals surface area (Å²) >= 11 is 0. The van der Waals surface area contributed by atoms with Gasteiger partial charge >= 0.3 is 5.69 Å². The smallest absolute Gasteiger partial charge is 0.332 e. The van der Waals surface area contributed by atoms with Gasteiger partial charge in [0.15, 0.2) is 11.5 Å². The Kier molecular flexibility index (Phi) is 8.19. The Balaban J connectivity index is 1.78. The predicted octanol–water partition coefficient (Wildman–Crippen LogP) is 2.38. The molecule has 202 valence electrons. The lowest BCUT2D eigenvalue weighted by atomic mass is 10.1. The van der Waals surface area contributed by atoms with Gasteiger partial charge < -0.3 is 19.7 Å². The highest BCUT2D eigenvalue weighted by atomic mass is 16.5. The van der Waals surface area contributed by atoms with E-state index in [0.717, 1.165) is 23.8 Å². The minimum absolute atomic E-state index is 0.0000771. The first-order valence-electron chi connectivity index (χ1n) is 12.8. The molecule has 2 heterocycles. The molecule has 1 fully saturated rings. The molecule has 2 aromatic carbocycles. The molecule has 10 nitrogen and oxygen atoms in total. The van der Waals surface area contributed by atoms with E-state index in [2.05, 4.69) is 5.32 Å². The maximum absolute atomic E-state index is 13.7. The number of carbonyl (C=O) groups excluding carboxylic acids is 2. The molecule has 1 N–H and O–H groups in total. The third kappa shape index (κ3) is 5.58. The lowest BCUT2D eigenvalue weighted by molar-refractivity contribution is -0.132. The summed E-state index contributed by atoms with van der Waals surface area (Å²) in [4.78, 5) is 54.5. The first kappa shape index (κ1) is 27.0. The van der Waals surface area contributed by atoms with Gasteiger partial charge in [-0.25, -0.2) is 4.79 Å². The van der Waals surface area contributed by atoms with Crippen molar-refractivity contribution >= 4 is 22.7 Å². The van der Waals surface area contributed by atoms with Gasteiger partial charge in [0.1, 0.15) is 6.54 Å². The van der Waals surface area contributed by atoms with Gasteiger partial charge in [-0.3, -0.25) is 23.5 Å². The standard InChI is InChI=1S/C28H34N4O6/c1-18(2)29-26(34)20-10-8-19(9-11-20)16-32-27(35)21-14-23(37-3)24(38-4)15-22(21)31(28(32)36)17-25(33)30-12-6-5-7-13-30/h8-11,14-15,18H,5-7,12-13,16-17H2,1-4H3,(H,29,34). The number of fused-ring (bicyclic) bond motifs is 1. The molecule has 3 aromatic rings. The molecule has 0 spiro atoms. The van der Waals surface area contributed by atoms with E-state index in [1.165, 1.54) is 24.9 Å². The zero-order valence-corrected chi connectivity index (χ0v) is 22.3. The van der Waals surface area contributed by atoms with Crippen molar-refractivity contribution in [2.45, 2.75) is 52.2 Å². The highest BCUT2D eigenvalue weighted by Crippen LogP contribution is 2.30. The Labute approximate surface area is 220 Å². The topological polar surface area (TPSA) is 112 Å². The zero-order chi connectivity index (χ0) is 27.4. The average molecular weight is 523 g/mol. The SMILES string of the molecule is COc1cc2c(=O)n(Cc3ccc(C(=O)NC(C)C)cc3)c(=O)n(CC(=O)N3CCCCC3)c2cc1OC. The van der Waals surface area contributed by atoms with Gasteiger partial charge in [-0.05, 0) is 56.9 Å². The first-order chi connectivity index (χ1) is 18.2. The van der Waals surface area contributed by atoms with Crippen LogP contribution in [0.1, 0.15) is 49.0 Å². The second-order valence-corrected chi connectivity index (χ2v) is 9.75. The fourth-order valence-corrected chi connectivity index (χ4v) is 4.70. The minimum Gasteiger partial charge on any atom is -0.493 e. The fourth-order valence-electron chi connectivity index (χ4n) is 4.70. The lowest BCUT2D eigenvalue weighted by Gasteiger charge is -2.27. The molecule has 2 amide bonds. The van der Waals surface area contributed by atoms with E-state index < -0.39 is 11.2 Å². The molecule has 0 aliphatic carbocycles. The molecule has 1 aliphatic heterocycles. The van der Waals surface area contributed by atoms with Crippen LogP contribution in [0.4, 0.5) is 0 Å². The van der Waals surface area contributed by atoms with Gasteiger partial charge in [0.25, 0.3) is 11.5 Å². The van der Waals surface area contributed by atoms with Crippen LogP contribution in [0, 0.1) is 0 Å². The maximum Gasteiger partial charge on any atom is 0.332 e. The van der Waals surface area contributed by atoms with Crippen LogP contribution in [-0.2, 0) is 17.9 Å². The molecule has 38 heavy (non-hydrogen) atoms. The quantitative estimate of drug-likeness (QED) is 0.486. The van der Waals surface area contributed by atoms with Crippen molar-refractivity contribution in [2.75, 3.05) is 27.3 Å².